The summed E-state index contributed by atoms with van der Waals surface area (Å²) < 4.78 is 0. The Morgan fingerprint density at radius 2 is 1.40 bits per heavy atom. The predicted octanol–water partition coefficient (Wildman–Crippen LogP) is 5.38. The molecule has 0 spiro atoms. The summed E-state index contributed by atoms with van der Waals surface area (Å²) in [5, 5.41) is 10.0. The van der Waals surface area contributed by atoms with E-state index < -0.39 is 0 Å². The maximum atomic E-state index is 10.0. The minimum absolute atomic E-state index is 0. The van der Waals surface area contributed by atoms with Crippen molar-refractivity contribution in [3.8, 4) is 5.75 Å². The maximum absolute atomic E-state index is 10.0. The minimum atomic E-state index is 0. The van der Waals surface area contributed by atoms with E-state index in [9.17, 15) is 5.11 Å². The Kier molecular flexibility index (Phi) is 8.70. The van der Waals surface area contributed by atoms with Gasteiger partial charge in [0.05, 0.1) is 0 Å². The Bertz CT molecular complexity index is 545. The average Bonchev–Trinajstić information content (AvgIpc) is 2.42. The summed E-state index contributed by atoms with van der Waals surface area (Å²) in [6.45, 7) is 11.0. The van der Waals surface area contributed by atoms with E-state index in [1.807, 2.05) is 18.2 Å². The normalized spacial score (nSPS) is 16.2. The number of hydrogen-bond donors (Lipinski definition) is 1. The molecule has 0 bridgehead atoms. The molecule has 110 valence electrons. The van der Waals surface area contributed by atoms with Crippen LogP contribution in [0.2, 0.25) is 0 Å². The van der Waals surface area contributed by atoms with E-state index in [4.69, 9.17) is 0 Å². The summed E-state index contributed by atoms with van der Waals surface area (Å²) in [6.07, 6.45) is 0. The van der Waals surface area contributed by atoms with E-state index in [1.165, 1.54) is 22.3 Å². The first-order valence-corrected chi connectivity index (χ1v) is 6.05. The first-order chi connectivity index (χ1) is 7.87. The second kappa shape index (κ2) is 7.83. The van der Waals surface area contributed by atoms with Gasteiger partial charge in [0.25, 0.3) is 0 Å². The van der Waals surface area contributed by atoms with Gasteiger partial charge in [-0.3, -0.25) is 0 Å². The molecule has 1 aliphatic rings. The number of phenols is 1. The summed E-state index contributed by atoms with van der Waals surface area (Å²) in [6, 6.07) is 7.61. The number of para-hydroxylation sites is 1. The van der Waals surface area contributed by atoms with Gasteiger partial charge in [-0.1, -0.05) is 37.6 Å². The van der Waals surface area contributed by atoms with Crippen molar-refractivity contribution in [2.75, 3.05) is 0 Å². The second-order valence-corrected chi connectivity index (χ2v) is 5.39. The zero-order valence-corrected chi connectivity index (χ0v) is 16.7. The molecule has 1 aliphatic carbocycles. The van der Waals surface area contributed by atoms with Gasteiger partial charge in [-0.25, -0.2) is 0 Å². The van der Waals surface area contributed by atoms with Gasteiger partial charge < -0.3 is 5.11 Å². The van der Waals surface area contributed by atoms with E-state index in [2.05, 4.69) is 34.6 Å². The van der Waals surface area contributed by atoms with Crippen LogP contribution < -0.4 is 0 Å². The van der Waals surface area contributed by atoms with Crippen LogP contribution in [0, 0.1) is 5.41 Å². The van der Waals surface area contributed by atoms with Crippen molar-refractivity contribution in [1.82, 2.24) is 0 Å². The van der Waals surface area contributed by atoms with Crippen LogP contribution in [0.15, 0.2) is 41.0 Å². The third kappa shape index (κ3) is 3.40. The van der Waals surface area contributed by atoms with Gasteiger partial charge in [-0.15, -0.1) is 24.8 Å². The van der Waals surface area contributed by atoms with Crippen LogP contribution >= 0.6 is 24.8 Å². The molecule has 20 heavy (non-hydrogen) atoms. The van der Waals surface area contributed by atoms with Crippen LogP contribution in [0.4, 0.5) is 0 Å². The number of rotatable bonds is 1. The molecule has 0 radical (unpaired) electrons. The molecule has 0 aliphatic heterocycles. The molecule has 4 heteroatoms. The van der Waals surface area contributed by atoms with Crippen molar-refractivity contribution in [1.29, 1.82) is 0 Å². The molecule has 0 atom stereocenters. The molecule has 0 fully saturated rings. The summed E-state index contributed by atoms with van der Waals surface area (Å²) in [4.78, 5) is 0. The zero-order chi connectivity index (χ0) is 12.8. The number of allylic oxidation sites excluding steroid dienone is 4. The number of aromatic hydroxyl groups is 1. The van der Waals surface area contributed by atoms with Gasteiger partial charge in [0.1, 0.15) is 5.75 Å². The average molecular weight is 392 g/mol. The topological polar surface area (TPSA) is 20.2 Å². The van der Waals surface area contributed by atoms with Gasteiger partial charge in [0, 0.05) is 37.2 Å². The number of hydrogen-bond acceptors (Lipinski definition) is 1. The van der Waals surface area contributed by atoms with Crippen LogP contribution in [0.1, 0.15) is 40.2 Å². The van der Waals surface area contributed by atoms with Gasteiger partial charge in [-0.2, -0.15) is 0 Å². The SMILES string of the molecule is CC1=C(C)C(C)(C)C(c2ccccc2O)=C1C.Cl.Cl.[Zr]. The van der Waals surface area contributed by atoms with Gasteiger partial charge in [0.15, 0.2) is 0 Å². The summed E-state index contributed by atoms with van der Waals surface area (Å²) in [5.74, 6) is 0.373. The van der Waals surface area contributed by atoms with E-state index in [0.29, 0.717) is 5.75 Å². The zero-order valence-electron chi connectivity index (χ0n) is 12.6. The monoisotopic (exact) mass is 390 g/mol. The van der Waals surface area contributed by atoms with Gasteiger partial charge in [-0.05, 0) is 43.6 Å². The molecule has 0 aromatic heterocycles. The third-order valence-electron chi connectivity index (χ3n) is 4.24. The van der Waals surface area contributed by atoms with Crippen LogP contribution in [0.3, 0.4) is 0 Å². The Labute approximate surface area is 153 Å². The fourth-order valence-corrected chi connectivity index (χ4v) is 2.82. The molecule has 1 aromatic carbocycles. The number of phenolic OH excluding ortho intramolecular Hbond substituents is 1. The number of halogens is 2. The van der Waals surface area contributed by atoms with E-state index >= 15 is 0 Å². The van der Waals surface area contributed by atoms with Crippen LogP contribution in [0.25, 0.3) is 5.57 Å². The second-order valence-electron chi connectivity index (χ2n) is 5.39. The molecule has 0 heterocycles. The van der Waals surface area contributed by atoms with Crippen LogP contribution in [-0.4, -0.2) is 5.11 Å². The fourth-order valence-electron chi connectivity index (χ4n) is 2.82. The third-order valence-corrected chi connectivity index (χ3v) is 4.24. The molecular formula is C16H22Cl2OZr. The maximum Gasteiger partial charge on any atom is 0.123 e. The predicted molar refractivity (Wildman–Crippen MR) is 87.4 cm³/mol. The van der Waals surface area contributed by atoms with Crippen molar-refractivity contribution in [2.24, 2.45) is 5.41 Å². The minimum Gasteiger partial charge on any atom is -0.507 e. The Hall–Kier alpha value is -0.0369. The quantitative estimate of drug-likeness (QED) is 0.680. The number of benzene rings is 1. The smallest absolute Gasteiger partial charge is 0.123 e. The fraction of sp³-hybridized carbons (Fsp3) is 0.375. The summed E-state index contributed by atoms with van der Waals surface area (Å²) in [5.41, 5.74) is 6.28. The van der Waals surface area contributed by atoms with E-state index in [1.54, 1.807) is 6.07 Å². The molecule has 1 nitrogen and oxygen atoms in total. The molecule has 1 N–H and O–H groups in total. The molecular weight excluding hydrogens is 370 g/mol. The van der Waals surface area contributed by atoms with E-state index in [0.717, 1.165) is 5.56 Å². The largest absolute Gasteiger partial charge is 0.507 e. The van der Waals surface area contributed by atoms with E-state index in [-0.39, 0.29) is 56.4 Å². The van der Waals surface area contributed by atoms with Gasteiger partial charge >= 0.3 is 0 Å². The first-order valence-electron chi connectivity index (χ1n) is 6.05. The van der Waals surface area contributed by atoms with Gasteiger partial charge in [0.2, 0.25) is 0 Å². The Morgan fingerprint density at radius 3 is 1.80 bits per heavy atom. The molecule has 1 aromatic rings. The van der Waals surface area contributed by atoms with Crippen molar-refractivity contribution in [3.63, 3.8) is 0 Å². The molecule has 0 unspecified atom stereocenters. The molecule has 0 saturated heterocycles. The molecule has 0 saturated carbocycles. The van der Waals surface area contributed by atoms with Crippen molar-refractivity contribution in [3.05, 3.63) is 46.5 Å². The van der Waals surface area contributed by atoms with Crippen molar-refractivity contribution < 1.29 is 31.3 Å². The molecule has 0 amide bonds. The Balaban J connectivity index is 0. The van der Waals surface area contributed by atoms with Crippen molar-refractivity contribution >= 4 is 30.4 Å². The van der Waals surface area contributed by atoms with Crippen LogP contribution in [0.5, 0.6) is 5.75 Å². The first kappa shape index (κ1) is 22.2. The summed E-state index contributed by atoms with van der Waals surface area (Å²) in [7, 11) is 0. The standard InChI is InChI=1S/C16H20O.2ClH.Zr/c1-10-11(2)15(16(4,5)12(10)3)13-8-6-7-9-14(13)17;;;/h6-9,17H,1-5H3;2*1H;. The van der Waals surface area contributed by atoms with Crippen molar-refractivity contribution in [2.45, 2.75) is 34.6 Å². The molecule has 2 rings (SSSR count). The summed E-state index contributed by atoms with van der Waals surface area (Å²) >= 11 is 0. The Morgan fingerprint density at radius 1 is 0.900 bits per heavy atom. The van der Waals surface area contributed by atoms with Crippen LogP contribution in [-0.2, 0) is 26.2 Å².